The van der Waals surface area contributed by atoms with E-state index >= 15 is 0 Å². The lowest BCUT2D eigenvalue weighted by Gasteiger charge is -2.10. The highest BCUT2D eigenvalue weighted by Crippen LogP contribution is 2.27. The maximum atomic E-state index is 13.7. The number of esters is 1. The Labute approximate surface area is 95.9 Å². The summed E-state index contributed by atoms with van der Waals surface area (Å²) in [4.78, 5) is 11.0. The van der Waals surface area contributed by atoms with Gasteiger partial charge in [-0.3, -0.25) is 0 Å². The van der Waals surface area contributed by atoms with E-state index in [1.54, 1.807) is 24.3 Å². The van der Waals surface area contributed by atoms with Crippen molar-refractivity contribution in [3.05, 3.63) is 46.5 Å². The van der Waals surface area contributed by atoms with Crippen molar-refractivity contribution in [2.24, 2.45) is 0 Å². The number of ether oxygens (including phenoxy) is 1. The molecule has 2 nitrogen and oxygen atoms in total. The first-order valence-electron chi connectivity index (χ1n) is 4.23. The van der Waals surface area contributed by atoms with Gasteiger partial charge in [-0.15, -0.1) is 0 Å². The third kappa shape index (κ3) is 2.89. The Kier molecular flexibility index (Phi) is 4.03. The molecule has 80 valence electrons. The van der Waals surface area contributed by atoms with Crippen LogP contribution in [-0.2, 0) is 9.53 Å². The molecule has 1 rings (SSSR count). The Morgan fingerprint density at radius 3 is 2.80 bits per heavy atom. The monoisotopic (exact) mass is 272 g/mol. The molecular weight excluding hydrogens is 263 g/mol. The van der Waals surface area contributed by atoms with Crippen LogP contribution in [0.1, 0.15) is 11.7 Å². The summed E-state index contributed by atoms with van der Waals surface area (Å²) in [6.45, 7) is 3.37. The molecule has 0 aromatic heterocycles. The molecule has 0 spiro atoms. The molecule has 0 radical (unpaired) electrons. The van der Waals surface area contributed by atoms with E-state index in [0.717, 1.165) is 4.47 Å². The van der Waals surface area contributed by atoms with Crippen LogP contribution in [0, 0.1) is 0 Å². The number of benzene rings is 1. The van der Waals surface area contributed by atoms with Gasteiger partial charge in [-0.05, 0) is 17.7 Å². The lowest BCUT2D eigenvalue weighted by Crippen LogP contribution is -2.09. The maximum Gasteiger partial charge on any atom is 0.336 e. The third-order valence-corrected chi connectivity index (χ3v) is 2.39. The molecule has 0 saturated carbocycles. The molecule has 1 aromatic carbocycles. The zero-order valence-electron chi connectivity index (χ0n) is 8.17. The summed E-state index contributed by atoms with van der Waals surface area (Å²) in [5.74, 6) is -0.734. The van der Waals surface area contributed by atoms with Gasteiger partial charge in [0.2, 0.25) is 0 Å². The van der Waals surface area contributed by atoms with Gasteiger partial charge in [0.15, 0.2) is 6.17 Å². The second kappa shape index (κ2) is 5.07. The molecule has 0 saturated heterocycles. The van der Waals surface area contributed by atoms with Crippen molar-refractivity contribution in [1.82, 2.24) is 0 Å². The van der Waals surface area contributed by atoms with Crippen LogP contribution in [0.4, 0.5) is 4.39 Å². The van der Waals surface area contributed by atoms with Crippen LogP contribution >= 0.6 is 15.9 Å². The summed E-state index contributed by atoms with van der Waals surface area (Å²) in [5, 5.41) is 0. The van der Waals surface area contributed by atoms with Gasteiger partial charge in [0.25, 0.3) is 0 Å². The van der Waals surface area contributed by atoms with Gasteiger partial charge < -0.3 is 4.74 Å². The molecule has 0 aliphatic carbocycles. The molecule has 0 heterocycles. The largest absolute Gasteiger partial charge is 0.466 e. The smallest absolute Gasteiger partial charge is 0.336 e. The van der Waals surface area contributed by atoms with Gasteiger partial charge in [-0.1, -0.05) is 34.6 Å². The summed E-state index contributed by atoms with van der Waals surface area (Å²) in [5.41, 5.74) is 0.176. The molecule has 0 N–H and O–H groups in total. The molecule has 0 amide bonds. The normalized spacial score (nSPS) is 11.9. The van der Waals surface area contributed by atoms with E-state index in [9.17, 15) is 9.18 Å². The van der Waals surface area contributed by atoms with Crippen LogP contribution in [0.5, 0.6) is 0 Å². The fourth-order valence-corrected chi connectivity index (χ4v) is 1.52. The Morgan fingerprint density at radius 2 is 2.27 bits per heavy atom. The average Bonchev–Trinajstić information content (AvgIpc) is 2.26. The first kappa shape index (κ1) is 11.9. The standard InChI is InChI=1S/C11H10BrFO2/c1-7(11(14)15-2)10(13)8-4-3-5-9(12)6-8/h3-6,10H,1H2,2H3/t10-/m0/s1. The molecule has 0 aliphatic heterocycles. The molecule has 0 bridgehead atoms. The maximum absolute atomic E-state index is 13.7. The molecule has 4 heteroatoms. The second-order valence-electron chi connectivity index (χ2n) is 2.93. The van der Waals surface area contributed by atoms with Crippen molar-refractivity contribution in [2.75, 3.05) is 7.11 Å². The number of methoxy groups -OCH3 is 1. The minimum Gasteiger partial charge on any atom is -0.466 e. The molecule has 1 atom stereocenters. The van der Waals surface area contributed by atoms with Crippen LogP contribution in [0.2, 0.25) is 0 Å². The van der Waals surface area contributed by atoms with Crippen molar-refractivity contribution in [2.45, 2.75) is 6.17 Å². The van der Waals surface area contributed by atoms with Gasteiger partial charge >= 0.3 is 5.97 Å². The summed E-state index contributed by atoms with van der Waals surface area (Å²) < 4.78 is 18.9. The number of alkyl halides is 1. The Hall–Kier alpha value is -1.16. The van der Waals surface area contributed by atoms with Crippen LogP contribution in [0.15, 0.2) is 40.9 Å². The molecule has 0 unspecified atom stereocenters. The topological polar surface area (TPSA) is 26.3 Å². The minimum absolute atomic E-state index is 0.199. The first-order chi connectivity index (χ1) is 7.06. The SMILES string of the molecule is C=C(C(=O)OC)[C@H](F)c1cccc(Br)c1. The minimum atomic E-state index is -1.53. The van der Waals surface area contributed by atoms with E-state index in [0.29, 0.717) is 5.56 Å². The number of rotatable bonds is 3. The van der Waals surface area contributed by atoms with Gasteiger partial charge in [0.1, 0.15) is 0 Å². The van der Waals surface area contributed by atoms with Crippen molar-refractivity contribution in [3.8, 4) is 0 Å². The molecule has 1 aromatic rings. The number of carbonyl (C=O) groups is 1. The molecular formula is C11H10BrFO2. The highest BCUT2D eigenvalue weighted by atomic mass is 79.9. The summed E-state index contributed by atoms with van der Waals surface area (Å²) >= 11 is 3.22. The van der Waals surface area contributed by atoms with E-state index < -0.39 is 12.1 Å². The Balaban J connectivity index is 2.89. The lowest BCUT2D eigenvalue weighted by molar-refractivity contribution is -0.136. The molecule has 0 aliphatic rings. The van der Waals surface area contributed by atoms with Crippen molar-refractivity contribution >= 4 is 21.9 Å². The predicted molar refractivity (Wildman–Crippen MR) is 59.1 cm³/mol. The quantitative estimate of drug-likeness (QED) is 0.624. The summed E-state index contributed by atoms with van der Waals surface area (Å²) in [6, 6.07) is 6.65. The van der Waals surface area contributed by atoms with Crippen LogP contribution in [-0.4, -0.2) is 13.1 Å². The highest BCUT2D eigenvalue weighted by molar-refractivity contribution is 9.10. The fraction of sp³-hybridized carbons (Fsp3) is 0.182. The van der Waals surface area contributed by atoms with Crippen molar-refractivity contribution in [1.29, 1.82) is 0 Å². The van der Waals surface area contributed by atoms with Gasteiger partial charge in [-0.2, -0.15) is 0 Å². The fourth-order valence-electron chi connectivity index (χ4n) is 1.10. The van der Waals surface area contributed by atoms with Gasteiger partial charge in [0.05, 0.1) is 12.7 Å². The first-order valence-corrected chi connectivity index (χ1v) is 5.02. The zero-order chi connectivity index (χ0) is 11.4. The highest BCUT2D eigenvalue weighted by Gasteiger charge is 2.20. The van der Waals surface area contributed by atoms with E-state index in [2.05, 4.69) is 27.2 Å². The van der Waals surface area contributed by atoms with Crippen molar-refractivity contribution < 1.29 is 13.9 Å². The number of hydrogen-bond acceptors (Lipinski definition) is 2. The lowest BCUT2D eigenvalue weighted by atomic mass is 10.0. The van der Waals surface area contributed by atoms with Gasteiger partial charge in [0, 0.05) is 4.47 Å². The number of halogens is 2. The van der Waals surface area contributed by atoms with Crippen LogP contribution in [0.25, 0.3) is 0 Å². The number of hydrogen-bond donors (Lipinski definition) is 0. The number of carbonyl (C=O) groups excluding carboxylic acids is 1. The average molecular weight is 273 g/mol. The zero-order valence-corrected chi connectivity index (χ0v) is 9.75. The van der Waals surface area contributed by atoms with E-state index in [1.165, 1.54) is 7.11 Å². The predicted octanol–water partition coefficient (Wildman–Crippen LogP) is 3.19. The summed E-state index contributed by atoms with van der Waals surface area (Å²) in [6.07, 6.45) is -1.53. The third-order valence-electron chi connectivity index (χ3n) is 1.89. The van der Waals surface area contributed by atoms with E-state index in [1.807, 2.05) is 0 Å². The molecule has 0 fully saturated rings. The van der Waals surface area contributed by atoms with Crippen molar-refractivity contribution in [3.63, 3.8) is 0 Å². The second-order valence-corrected chi connectivity index (χ2v) is 3.85. The van der Waals surface area contributed by atoms with E-state index in [4.69, 9.17) is 0 Å². The van der Waals surface area contributed by atoms with Crippen LogP contribution in [0.3, 0.4) is 0 Å². The molecule has 15 heavy (non-hydrogen) atoms. The van der Waals surface area contributed by atoms with Crippen LogP contribution < -0.4 is 0 Å². The van der Waals surface area contributed by atoms with Gasteiger partial charge in [-0.25, -0.2) is 9.18 Å². The Bertz CT molecular complexity index is 390. The Morgan fingerprint density at radius 1 is 1.60 bits per heavy atom. The summed E-state index contributed by atoms with van der Waals surface area (Å²) in [7, 11) is 1.20. The van der Waals surface area contributed by atoms with E-state index in [-0.39, 0.29) is 5.57 Å².